The van der Waals surface area contributed by atoms with Crippen molar-refractivity contribution in [2.45, 2.75) is 26.4 Å². The number of ether oxygens (including phenoxy) is 4. The van der Waals surface area contributed by atoms with E-state index >= 15 is 0 Å². The second kappa shape index (κ2) is 13.0. The van der Waals surface area contributed by atoms with Gasteiger partial charge < -0.3 is 30.0 Å². The second-order valence-electron chi connectivity index (χ2n) is 6.08. The summed E-state index contributed by atoms with van der Waals surface area (Å²) in [7, 11) is 4.84. The minimum Gasteiger partial charge on any atom is -0.493 e. The van der Waals surface area contributed by atoms with Gasteiger partial charge in [0.2, 0.25) is 0 Å². The summed E-state index contributed by atoms with van der Waals surface area (Å²) < 4.78 is 21.6. The topological polar surface area (TPSA) is 87.3 Å². The number of aliphatic imine (C=N–C) groups is 1. The Balaban J connectivity index is 0.00000420. The summed E-state index contributed by atoms with van der Waals surface area (Å²) in [5, 5.41) is 3.11. The second-order valence-corrected chi connectivity index (χ2v) is 6.08. The predicted octanol–water partition coefficient (Wildman–Crippen LogP) is 3.72. The molecule has 7 nitrogen and oxygen atoms in total. The highest BCUT2D eigenvalue weighted by atomic mass is 127. The number of hydrogen-bond donors (Lipinski definition) is 2. The van der Waals surface area contributed by atoms with Crippen LogP contribution in [0, 0.1) is 0 Å². The average Bonchev–Trinajstić information content (AvgIpc) is 2.74. The maximum atomic E-state index is 5.99. The van der Waals surface area contributed by atoms with E-state index in [4.69, 9.17) is 24.7 Å². The first kappa shape index (κ1) is 24.7. The minimum atomic E-state index is 0. The Morgan fingerprint density at radius 1 is 0.897 bits per heavy atom. The quantitative estimate of drug-likeness (QED) is 0.285. The maximum Gasteiger partial charge on any atom is 0.189 e. The van der Waals surface area contributed by atoms with Crippen molar-refractivity contribution in [3.05, 3.63) is 47.5 Å². The van der Waals surface area contributed by atoms with Crippen molar-refractivity contribution in [2.75, 3.05) is 27.9 Å². The standard InChI is InChI=1S/C21H29N3O4.HI/c1-5-10-28-18-9-7-16(12-20(18)27-4)14-24-21(22)23-13-15-6-8-17(25-2)19(11-15)26-3;/h6-9,11-12H,5,10,13-14H2,1-4H3,(H3,22,23,24);1H. The third kappa shape index (κ3) is 7.52. The van der Waals surface area contributed by atoms with Crippen molar-refractivity contribution in [2.24, 2.45) is 10.7 Å². The fourth-order valence-corrected chi connectivity index (χ4v) is 2.56. The lowest BCUT2D eigenvalue weighted by atomic mass is 10.2. The fourth-order valence-electron chi connectivity index (χ4n) is 2.56. The molecule has 3 N–H and O–H groups in total. The van der Waals surface area contributed by atoms with Crippen molar-refractivity contribution >= 4 is 29.9 Å². The van der Waals surface area contributed by atoms with Gasteiger partial charge >= 0.3 is 0 Å². The van der Waals surface area contributed by atoms with E-state index in [1.807, 2.05) is 36.4 Å². The lowest BCUT2D eigenvalue weighted by molar-refractivity contribution is 0.294. The molecular formula is C21H30IN3O4. The smallest absolute Gasteiger partial charge is 0.189 e. The van der Waals surface area contributed by atoms with E-state index < -0.39 is 0 Å². The maximum absolute atomic E-state index is 5.99. The first-order valence-corrected chi connectivity index (χ1v) is 9.15. The number of nitrogens with two attached hydrogens (primary N) is 1. The van der Waals surface area contributed by atoms with Crippen LogP contribution < -0.4 is 30.0 Å². The van der Waals surface area contributed by atoms with Crippen LogP contribution in [-0.2, 0) is 13.1 Å². The number of hydrogen-bond acceptors (Lipinski definition) is 5. The van der Waals surface area contributed by atoms with Crippen LogP contribution in [0.25, 0.3) is 0 Å². The van der Waals surface area contributed by atoms with Crippen molar-refractivity contribution < 1.29 is 18.9 Å². The molecule has 0 aliphatic rings. The van der Waals surface area contributed by atoms with E-state index in [-0.39, 0.29) is 24.0 Å². The number of rotatable bonds is 10. The zero-order valence-corrected chi connectivity index (χ0v) is 19.7. The van der Waals surface area contributed by atoms with Gasteiger partial charge in [0, 0.05) is 6.54 Å². The molecule has 0 spiro atoms. The van der Waals surface area contributed by atoms with E-state index in [1.54, 1.807) is 21.3 Å². The third-order valence-electron chi connectivity index (χ3n) is 4.04. The van der Waals surface area contributed by atoms with E-state index in [2.05, 4.69) is 17.2 Å². The Hall–Kier alpha value is -2.36. The molecule has 0 heterocycles. The highest BCUT2D eigenvalue weighted by Gasteiger charge is 2.07. The van der Waals surface area contributed by atoms with Gasteiger partial charge in [-0.3, -0.25) is 0 Å². The normalized spacial score (nSPS) is 10.7. The van der Waals surface area contributed by atoms with E-state index in [0.29, 0.717) is 42.9 Å². The highest BCUT2D eigenvalue weighted by Crippen LogP contribution is 2.29. The summed E-state index contributed by atoms with van der Waals surface area (Å²) in [4.78, 5) is 4.37. The van der Waals surface area contributed by atoms with E-state index in [1.165, 1.54) is 0 Å². The van der Waals surface area contributed by atoms with Crippen LogP contribution in [0.1, 0.15) is 24.5 Å². The summed E-state index contributed by atoms with van der Waals surface area (Å²) in [5.74, 6) is 3.15. The molecule has 0 unspecified atom stereocenters. The van der Waals surface area contributed by atoms with Gasteiger partial charge in [-0.2, -0.15) is 0 Å². The summed E-state index contributed by atoms with van der Waals surface area (Å²) >= 11 is 0. The summed E-state index contributed by atoms with van der Waals surface area (Å²) in [6.07, 6.45) is 0.944. The van der Waals surface area contributed by atoms with Gasteiger partial charge in [-0.05, 0) is 41.8 Å². The molecule has 0 atom stereocenters. The van der Waals surface area contributed by atoms with Crippen LogP contribution in [0.2, 0.25) is 0 Å². The van der Waals surface area contributed by atoms with Crippen molar-refractivity contribution in [3.63, 3.8) is 0 Å². The number of halogens is 1. The van der Waals surface area contributed by atoms with Gasteiger partial charge in [-0.1, -0.05) is 19.1 Å². The molecule has 0 radical (unpaired) electrons. The lowest BCUT2D eigenvalue weighted by Gasteiger charge is -2.12. The minimum absolute atomic E-state index is 0. The SMILES string of the molecule is CCCOc1ccc(CNC(N)=NCc2ccc(OC)c(OC)c2)cc1OC.I. The molecule has 0 saturated carbocycles. The highest BCUT2D eigenvalue weighted by molar-refractivity contribution is 14.0. The molecule has 8 heteroatoms. The number of benzene rings is 2. The largest absolute Gasteiger partial charge is 0.493 e. The Labute approximate surface area is 189 Å². The molecular weight excluding hydrogens is 485 g/mol. The van der Waals surface area contributed by atoms with Gasteiger partial charge in [0.1, 0.15) is 0 Å². The molecule has 0 saturated heterocycles. The summed E-state index contributed by atoms with van der Waals surface area (Å²) in [6, 6.07) is 11.5. The molecule has 2 aromatic carbocycles. The third-order valence-corrected chi connectivity index (χ3v) is 4.04. The van der Waals surface area contributed by atoms with Crippen molar-refractivity contribution in [1.29, 1.82) is 0 Å². The molecule has 29 heavy (non-hydrogen) atoms. The Kier molecular flexibility index (Phi) is 11.0. The monoisotopic (exact) mass is 515 g/mol. The van der Waals surface area contributed by atoms with Crippen LogP contribution >= 0.6 is 24.0 Å². The average molecular weight is 515 g/mol. The first-order chi connectivity index (χ1) is 13.6. The molecule has 0 fully saturated rings. The molecule has 0 amide bonds. The Morgan fingerprint density at radius 3 is 2.14 bits per heavy atom. The number of nitrogens with zero attached hydrogens (tertiary/aromatic N) is 1. The molecule has 0 bridgehead atoms. The lowest BCUT2D eigenvalue weighted by Crippen LogP contribution is -2.31. The zero-order valence-electron chi connectivity index (χ0n) is 17.4. The first-order valence-electron chi connectivity index (χ1n) is 9.15. The number of guanidine groups is 1. The molecule has 160 valence electrons. The predicted molar refractivity (Wildman–Crippen MR) is 126 cm³/mol. The van der Waals surface area contributed by atoms with Gasteiger partial charge in [0.15, 0.2) is 29.0 Å². The van der Waals surface area contributed by atoms with Crippen molar-refractivity contribution in [3.8, 4) is 23.0 Å². The number of methoxy groups -OCH3 is 3. The Bertz CT molecular complexity index is 799. The van der Waals surface area contributed by atoms with E-state index in [0.717, 1.165) is 23.3 Å². The van der Waals surface area contributed by atoms with Gasteiger partial charge in [0.25, 0.3) is 0 Å². The fraction of sp³-hybridized carbons (Fsp3) is 0.381. The Morgan fingerprint density at radius 2 is 1.48 bits per heavy atom. The molecule has 0 aliphatic heterocycles. The van der Waals surface area contributed by atoms with Gasteiger partial charge in [0.05, 0.1) is 34.5 Å². The van der Waals surface area contributed by atoms with Crippen LogP contribution in [0.4, 0.5) is 0 Å². The zero-order chi connectivity index (χ0) is 20.4. The van der Waals surface area contributed by atoms with Crippen LogP contribution in [0.5, 0.6) is 23.0 Å². The van der Waals surface area contributed by atoms with Gasteiger partial charge in [-0.25, -0.2) is 4.99 Å². The molecule has 2 rings (SSSR count). The molecule has 0 aliphatic carbocycles. The van der Waals surface area contributed by atoms with Crippen LogP contribution in [0.15, 0.2) is 41.4 Å². The molecule has 2 aromatic rings. The number of nitrogens with one attached hydrogen (secondary N) is 1. The van der Waals surface area contributed by atoms with E-state index in [9.17, 15) is 0 Å². The summed E-state index contributed by atoms with van der Waals surface area (Å²) in [6.45, 7) is 3.69. The van der Waals surface area contributed by atoms with Crippen LogP contribution in [0.3, 0.4) is 0 Å². The summed E-state index contributed by atoms with van der Waals surface area (Å²) in [5.41, 5.74) is 7.98. The van der Waals surface area contributed by atoms with Gasteiger partial charge in [-0.15, -0.1) is 24.0 Å². The molecule has 0 aromatic heterocycles. The van der Waals surface area contributed by atoms with Crippen LogP contribution in [-0.4, -0.2) is 33.9 Å². The van der Waals surface area contributed by atoms with Crippen molar-refractivity contribution in [1.82, 2.24) is 5.32 Å².